The summed E-state index contributed by atoms with van der Waals surface area (Å²) in [6.45, 7) is 0. The number of aromatic hydroxyl groups is 1. The van der Waals surface area contributed by atoms with E-state index in [9.17, 15) is 9.90 Å². The first-order valence-corrected chi connectivity index (χ1v) is 7.99. The van der Waals surface area contributed by atoms with Crippen LogP contribution < -0.4 is 5.43 Å². The third-order valence-corrected chi connectivity index (χ3v) is 3.93. The van der Waals surface area contributed by atoms with Crippen molar-refractivity contribution in [1.29, 1.82) is 0 Å². The van der Waals surface area contributed by atoms with Gasteiger partial charge in [-0.1, -0.05) is 28.1 Å². The van der Waals surface area contributed by atoms with Crippen LogP contribution in [0.5, 0.6) is 5.75 Å². The Hall–Kier alpha value is -2.86. The zero-order chi connectivity index (χ0) is 16.9. The van der Waals surface area contributed by atoms with E-state index < -0.39 is 5.91 Å². The van der Waals surface area contributed by atoms with Gasteiger partial charge < -0.3 is 9.67 Å². The van der Waals surface area contributed by atoms with E-state index in [1.165, 1.54) is 12.1 Å². The Bertz CT molecular complexity index is 885. The number of aromatic nitrogens is 1. The summed E-state index contributed by atoms with van der Waals surface area (Å²) in [5.74, 6) is -0.547. The normalized spacial score (nSPS) is 10.9. The number of phenols is 1. The van der Waals surface area contributed by atoms with Gasteiger partial charge in [-0.25, -0.2) is 5.43 Å². The predicted molar refractivity (Wildman–Crippen MR) is 96.6 cm³/mol. The van der Waals surface area contributed by atoms with Crippen molar-refractivity contribution in [2.75, 3.05) is 0 Å². The Kier molecular flexibility index (Phi) is 4.77. The van der Waals surface area contributed by atoms with Crippen molar-refractivity contribution in [2.24, 2.45) is 5.10 Å². The first-order valence-electron chi connectivity index (χ1n) is 7.20. The van der Waals surface area contributed by atoms with Crippen LogP contribution in [0.2, 0.25) is 0 Å². The van der Waals surface area contributed by atoms with Crippen molar-refractivity contribution in [1.82, 2.24) is 9.99 Å². The molecule has 0 saturated heterocycles. The summed E-state index contributed by atoms with van der Waals surface area (Å²) in [6.07, 6.45) is 3.47. The minimum Gasteiger partial charge on any atom is -0.507 e. The van der Waals surface area contributed by atoms with Crippen LogP contribution in [-0.4, -0.2) is 21.8 Å². The van der Waals surface area contributed by atoms with Gasteiger partial charge in [-0.3, -0.25) is 4.79 Å². The number of carbonyl (C=O) groups excluding carboxylic acids is 1. The molecule has 2 aromatic carbocycles. The fourth-order valence-electron chi connectivity index (χ4n) is 2.22. The van der Waals surface area contributed by atoms with E-state index in [-0.39, 0.29) is 11.3 Å². The summed E-state index contributed by atoms with van der Waals surface area (Å²) < 4.78 is 2.95. The van der Waals surface area contributed by atoms with Crippen molar-refractivity contribution >= 4 is 28.1 Å². The number of hydrogen-bond acceptors (Lipinski definition) is 3. The first kappa shape index (κ1) is 16.0. The second-order valence-corrected chi connectivity index (χ2v) is 5.91. The largest absolute Gasteiger partial charge is 0.507 e. The minimum absolute atomic E-state index is 0.0802. The van der Waals surface area contributed by atoms with Crippen LogP contribution in [0.25, 0.3) is 5.69 Å². The maximum atomic E-state index is 12.0. The molecular formula is C18H14BrN3O2. The standard InChI is InChI=1S/C18H14BrN3O2/c19-13-7-9-14(10-8-13)22-11-3-4-15(22)12-20-21-18(24)16-5-1-2-6-17(16)23/h1-12,23H,(H,21,24)/b20-12+. The molecule has 1 amide bonds. The van der Waals surface area contributed by atoms with E-state index >= 15 is 0 Å². The highest BCUT2D eigenvalue weighted by molar-refractivity contribution is 9.10. The van der Waals surface area contributed by atoms with Gasteiger partial charge >= 0.3 is 0 Å². The summed E-state index contributed by atoms with van der Waals surface area (Å²) in [6, 6.07) is 18.0. The fraction of sp³-hybridized carbons (Fsp3) is 0. The highest BCUT2D eigenvalue weighted by Crippen LogP contribution is 2.16. The molecule has 0 unspecified atom stereocenters. The lowest BCUT2D eigenvalue weighted by Gasteiger charge is -2.06. The molecule has 3 aromatic rings. The maximum Gasteiger partial charge on any atom is 0.275 e. The highest BCUT2D eigenvalue weighted by atomic mass is 79.9. The Labute approximate surface area is 147 Å². The molecule has 0 spiro atoms. The average molecular weight is 384 g/mol. The molecule has 0 fully saturated rings. The van der Waals surface area contributed by atoms with Gasteiger partial charge in [0.05, 0.1) is 17.5 Å². The number of rotatable bonds is 4. The number of hydrazone groups is 1. The Morgan fingerprint density at radius 2 is 1.83 bits per heavy atom. The molecule has 0 aliphatic heterocycles. The Morgan fingerprint density at radius 3 is 2.58 bits per heavy atom. The number of para-hydroxylation sites is 1. The van der Waals surface area contributed by atoms with Crippen molar-refractivity contribution in [2.45, 2.75) is 0 Å². The molecule has 6 heteroatoms. The molecule has 0 bridgehead atoms. The lowest BCUT2D eigenvalue weighted by atomic mass is 10.2. The minimum atomic E-state index is -0.467. The number of phenolic OH excluding ortho intramolecular Hbond substituents is 1. The third-order valence-electron chi connectivity index (χ3n) is 3.40. The van der Waals surface area contributed by atoms with E-state index in [0.29, 0.717) is 0 Å². The quantitative estimate of drug-likeness (QED) is 0.532. The van der Waals surface area contributed by atoms with Crippen molar-refractivity contribution in [3.63, 3.8) is 0 Å². The van der Waals surface area contributed by atoms with E-state index in [2.05, 4.69) is 26.5 Å². The zero-order valence-corrected chi connectivity index (χ0v) is 14.1. The van der Waals surface area contributed by atoms with Gasteiger partial charge in [0.2, 0.25) is 0 Å². The smallest absolute Gasteiger partial charge is 0.275 e. The monoisotopic (exact) mass is 383 g/mol. The molecule has 5 nitrogen and oxygen atoms in total. The number of benzene rings is 2. The average Bonchev–Trinajstić information content (AvgIpc) is 3.04. The summed E-state index contributed by atoms with van der Waals surface area (Å²) in [4.78, 5) is 12.0. The molecule has 0 radical (unpaired) electrons. The number of amides is 1. The maximum absolute atomic E-state index is 12.0. The molecular weight excluding hydrogens is 370 g/mol. The predicted octanol–water partition coefficient (Wildman–Crippen LogP) is 3.71. The van der Waals surface area contributed by atoms with Crippen molar-refractivity contribution in [3.8, 4) is 11.4 Å². The highest BCUT2D eigenvalue weighted by Gasteiger charge is 2.08. The molecule has 24 heavy (non-hydrogen) atoms. The first-order chi connectivity index (χ1) is 11.6. The number of carbonyl (C=O) groups is 1. The number of nitrogens with one attached hydrogen (secondary N) is 1. The summed E-state index contributed by atoms with van der Waals surface area (Å²) in [5, 5.41) is 13.6. The van der Waals surface area contributed by atoms with Crippen molar-refractivity contribution in [3.05, 3.63) is 82.6 Å². The van der Waals surface area contributed by atoms with Crippen LogP contribution in [0, 0.1) is 0 Å². The Balaban J connectivity index is 1.74. The molecule has 1 heterocycles. The summed E-state index contributed by atoms with van der Waals surface area (Å²) in [7, 11) is 0. The number of hydrogen-bond donors (Lipinski definition) is 2. The van der Waals surface area contributed by atoms with Crippen LogP contribution >= 0.6 is 15.9 Å². The molecule has 3 rings (SSSR count). The van der Waals surface area contributed by atoms with Crippen molar-refractivity contribution < 1.29 is 9.90 Å². The van der Waals surface area contributed by atoms with E-state index in [1.807, 2.05) is 47.2 Å². The van der Waals surface area contributed by atoms with Crippen LogP contribution in [0.1, 0.15) is 16.1 Å². The lowest BCUT2D eigenvalue weighted by Crippen LogP contribution is -2.17. The van der Waals surface area contributed by atoms with Gasteiger partial charge in [-0.15, -0.1) is 0 Å². The molecule has 0 atom stereocenters. The molecule has 0 saturated carbocycles. The summed E-state index contributed by atoms with van der Waals surface area (Å²) >= 11 is 3.41. The van der Waals surface area contributed by atoms with Crippen LogP contribution in [-0.2, 0) is 0 Å². The van der Waals surface area contributed by atoms with Gasteiger partial charge in [-0.05, 0) is 48.5 Å². The second kappa shape index (κ2) is 7.14. The van der Waals surface area contributed by atoms with Gasteiger partial charge in [0.25, 0.3) is 5.91 Å². The SMILES string of the molecule is O=C(N/N=C/c1cccn1-c1ccc(Br)cc1)c1ccccc1O. The van der Waals surface area contributed by atoms with Crippen LogP contribution in [0.3, 0.4) is 0 Å². The van der Waals surface area contributed by atoms with Gasteiger partial charge in [-0.2, -0.15) is 5.10 Å². The van der Waals surface area contributed by atoms with E-state index in [0.717, 1.165) is 15.9 Å². The fourth-order valence-corrected chi connectivity index (χ4v) is 2.48. The zero-order valence-electron chi connectivity index (χ0n) is 12.6. The second-order valence-electron chi connectivity index (χ2n) is 5.00. The number of nitrogens with zero attached hydrogens (tertiary/aromatic N) is 2. The summed E-state index contributed by atoms with van der Waals surface area (Å²) in [5.41, 5.74) is 4.39. The molecule has 0 aliphatic rings. The van der Waals surface area contributed by atoms with Gasteiger partial charge in [0.1, 0.15) is 5.75 Å². The van der Waals surface area contributed by atoms with Crippen LogP contribution in [0.4, 0.5) is 0 Å². The molecule has 120 valence electrons. The Morgan fingerprint density at radius 1 is 1.08 bits per heavy atom. The molecule has 0 aliphatic carbocycles. The topological polar surface area (TPSA) is 66.6 Å². The van der Waals surface area contributed by atoms with E-state index in [1.54, 1.807) is 18.3 Å². The molecule has 2 N–H and O–H groups in total. The van der Waals surface area contributed by atoms with E-state index in [4.69, 9.17) is 0 Å². The molecule has 1 aromatic heterocycles. The number of halogens is 1. The third kappa shape index (κ3) is 3.55. The lowest BCUT2D eigenvalue weighted by molar-refractivity contribution is 0.0952. The van der Waals surface area contributed by atoms with Gasteiger partial charge in [0.15, 0.2) is 0 Å². The van der Waals surface area contributed by atoms with Gasteiger partial charge in [0, 0.05) is 16.4 Å². The van der Waals surface area contributed by atoms with Crippen LogP contribution in [0.15, 0.2) is 76.4 Å².